The maximum Gasteiger partial charge on any atom is 0.252 e. The molecule has 0 aliphatic carbocycles. The molecule has 2 aromatic rings. The molecule has 1 aromatic carbocycles. The van der Waals surface area contributed by atoms with Crippen LogP contribution in [0.25, 0.3) is 0 Å². The van der Waals surface area contributed by atoms with Gasteiger partial charge in [-0.1, -0.05) is 26.0 Å². The van der Waals surface area contributed by atoms with E-state index in [2.05, 4.69) is 66.3 Å². The van der Waals surface area contributed by atoms with Gasteiger partial charge in [0.1, 0.15) is 6.07 Å². The number of hydrogen-bond donors (Lipinski definition) is 1. The molecule has 0 saturated carbocycles. The van der Waals surface area contributed by atoms with E-state index in [0.717, 1.165) is 31.5 Å². The predicted octanol–water partition coefficient (Wildman–Crippen LogP) is 4.74. The standard InChI is InChI=1S/C20H27N5O/c1-5-16(6-2)19-23-18(13-21)20(26-19)24-22-14-15-9-11-17(12-10-15)25(7-3)8-4/h9-12,14,16,24H,5-8H2,1-4H3. The van der Waals surface area contributed by atoms with Gasteiger partial charge < -0.3 is 9.32 Å². The number of aromatic nitrogens is 1. The van der Waals surface area contributed by atoms with Crippen LogP contribution >= 0.6 is 0 Å². The SMILES string of the molecule is CCC(CC)c1nc(C#N)c(NN=Cc2ccc(N(CC)CC)cc2)o1. The van der Waals surface area contributed by atoms with Crippen molar-refractivity contribution in [3.05, 3.63) is 41.4 Å². The zero-order valence-corrected chi connectivity index (χ0v) is 16.0. The Kier molecular flexibility index (Phi) is 7.22. The molecule has 0 unspecified atom stereocenters. The Morgan fingerprint density at radius 3 is 2.38 bits per heavy atom. The highest BCUT2D eigenvalue weighted by atomic mass is 16.4. The topological polar surface area (TPSA) is 77.5 Å². The Labute approximate surface area is 155 Å². The second-order valence-corrected chi connectivity index (χ2v) is 5.99. The van der Waals surface area contributed by atoms with Gasteiger partial charge in [-0.25, -0.2) is 10.4 Å². The number of anilines is 2. The lowest BCUT2D eigenvalue weighted by atomic mass is 10.0. The summed E-state index contributed by atoms with van der Waals surface area (Å²) in [5, 5.41) is 13.4. The number of nitrogens with one attached hydrogen (secondary N) is 1. The Balaban J connectivity index is 2.07. The summed E-state index contributed by atoms with van der Waals surface area (Å²) in [4.78, 5) is 6.56. The third-order valence-corrected chi connectivity index (χ3v) is 4.49. The largest absolute Gasteiger partial charge is 0.422 e. The molecule has 1 aromatic heterocycles. The summed E-state index contributed by atoms with van der Waals surface area (Å²) in [6, 6.07) is 10.2. The lowest BCUT2D eigenvalue weighted by Crippen LogP contribution is -2.21. The summed E-state index contributed by atoms with van der Waals surface area (Å²) < 4.78 is 5.70. The average Bonchev–Trinajstić information content (AvgIpc) is 3.08. The highest BCUT2D eigenvalue weighted by Crippen LogP contribution is 2.27. The van der Waals surface area contributed by atoms with Crippen LogP contribution in [0.5, 0.6) is 0 Å². The van der Waals surface area contributed by atoms with Crippen molar-refractivity contribution in [3.63, 3.8) is 0 Å². The Hall–Kier alpha value is -2.81. The molecule has 6 heteroatoms. The summed E-state index contributed by atoms with van der Waals surface area (Å²) >= 11 is 0. The van der Waals surface area contributed by atoms with Crippen molar-refractivity contribution in [2.75, 3.05) is 23.4 Å². The number of nitrogens with zero attached hydrogens (tertiary/aromatic N) is 4. The molecule has 0 amide bonds. The van der Waals surface area contributed by atoms with E-state index in [1.165, 1.54) is 5.69 Å². The molecule has 0 spiro atoms. The molecule has 0 atom stereocenters. The molecule has 26 heavy (non-hydrogen) atoms. The van der Waals surface area contributed by atoms with Crippen LogP contribution in [-0.4, -0.2) is 24.3 Å². The first-order valence-electron chi connectivity index (χ1n) is 9.21. The molecule has 0 saturated heterocycles. The van der Waals surface area contributed by atoms with Gasteiger partial charge in [-0.05, 0) is 44.4 Å². The average molecular weight is 353 g/mol. The van der Waals surface area contributed by atoms with E-state index >= 15 is 0 Å². The molecule has 1 N–H and O–H groups in total. The van der Waals surface area contributed by atoms with Crippen LogP contribution in [0.2, 0.25) is 0 Å². The maximum absolute atomic E-state index is 9.24. The van der Waals surface area contributed by atoms with Gasteiger partial charge >= 0.3 is 0 Å². The number of nitriles is 1. The molecule has 0 radical (unpaired) electrons. The zero-order chi connectivity index (χ0) is 18.9. The van der Waals surface area contributed by atoms with Crippen LogP contribution in [0, 0.1) is 11.3 Å². The molecule has 0 aliphatic rings. The van der Waals surface area contributed by atoms with Crippen molar-refractivity contribution in [2.45, 2.75) is 46.5 Å². The molecule has 0 fully saturated rings. The number of hydrogen-bond acceptors (Lipinski definition) is 6. The predicted molar refractivity (Wildman–Crippen MR) is 106 cm³/mol. The van der Waals surface area contributed by atoms with Crippen LogP contribution in [0.3, 0.4) is 0 Å². The highest BCUT2D eigenvalue weighted by molar-refractivity contribution is 5.80. The van der Waals surface area contributed by atoms with E-state index in [1.54, 1.807) is 6.21 Å². The van der Waals surface area contributed by atoms with Gasteiger partial charge in [0.15, 0.2) is 0 Å². The normalized spacial score (nSPS) is 11.1. The van der Waals surface area contributed by atoms with Gasteiger partial charge in [-0.15, -0.1) is 0 Å². The number of benzene rings is 1. The number of rotatable bonds is 9. The summed E-state index contributed by atoms with van der Waals surface area (Å²) in [5.74, 6) is 1.10. The van der Waals surface area contributed by atoms with Crippen molar-refractivity contribution in [3.8, 4) is 6.07 Å². The van der Waals surface area contributed by atoms with Crippen LogP contribution in [-0.2, 0) is 0 Å². The molecule has 138 valence electrons. The third kappa shape index (κ3) is 4.63. The van der Waals surface area contributed by atoms with Crippen molar-refractivity contribution in [2.24, 2.45) is 5.10 Å². The second-order valence-electron chi connectivity index (χ2n) is 5.99. The van der Waals surface area contributed by atoms with E-state index < -0.39 is 0 Å². The third-order valence-electron chi connectivity index (χ3n) is 4.49. The molecular weight excluding hydrogens is 326 g/mol. The first-order chi connectivity index (χ1) is 12.7. The van der Waals surface area contributed by atoms with Crippen molar-refractivity contribution >= 4 is 17.8 Å². The summed E-state index contributed by atoms with van der Waals surface area (Å²) in [6.45, 7) is 10.4. The summed E-state index contributed by atoms with van der Waals surface area (Å²) in [5.41, 5.74) is 5.20. The van der Waals surface area contributed by atoms with E-state index in [1.807, 2.05) is 12.1 Å². The number of hydrazone groups is 1. The second kappa shape index (κ2) is 9.62. The lowest BCUT2D eigenvalue weighted by molar-refractivity contribution is 0.439. The smallest absolute Gasteiger partial charge is 0.252 e. The van der Waals surface area contributed by atoms with Crippen LogP contribution in [0.1, 0.15) is 63.6 Å². The quantitative estimate of drug-likeness (QED) is 0.520. The Bertz CT molecular complexity index is 749. The molecule has 1 heterocycles. The van der Waals surface area contributed by atoms with E-state index in [-0.39, 0.29) is 11.6 Å². The Morgan fingerprint density at radius 1 is 1.19 bits per heavy atom. The molecule has 6 nitrogen and oxygen atoms in total. The minimum Gasteiger partial charge on any atom is -0.422 e. The summed E-state index contributed by atoms with van der Waals surface area (Å²) in [6.07, 6.45) is 3.54. The highest BCUT2D eigenvalue weighted by Gasteiger charge is 2.18. The van der Waals surface area contributed by atoms with Crippen LogP contribution in [0.15, 0.2) is 33.8 Å². The van der Waals surface area contributed by atoms with Crippen LogP contribution < -0.4 is 10.3 Å². The fourth-order valence-corrected chi connectivity index (χ4v) is 2.83. The number of oxazole rings is 1. The fraction of sp³-hybridized carbons (Fsp3) is 0.450. The molecule has 0 bridgehead atoms. The molecular formula is C20H27N5O. The monoisotopic (exact) mass is 353 g/mol. The first kappa shape index (κ1) is 19.5. The first-order valence-corrected chi connectivity index (χ1v) is 9.21. The minimum atomic E-state index is 0.217. The van der Waals surface area contributed by atoms with Gasteiger partial charge in [0.25, 0.3) is 5.88 Å². The van der Waals surface area contributed by atoms with E-state index in [0.29, 0.717) is 11.8 Å². The fourth-order valence-electron chi connectivity index (χ4n) is 2.83. The van der Waals surface area contributed by atoms with Crippen molar-refractivity contribution in [1.82, 2.24) is 4.98 Å². The van der Waals surface area contributed by atoms with Gasteiger partial charge in [0.2, 0.25) is 11.6 Å². The lowest BCUT2D eigenvalue weighted by Gasteiger charge is -2.20. The van der Waals surface area contributed by atoms with Gasteiger partial charge in [0.05, 0.1) is 6.21 Å². The van der Waals surface area contributed by atoms with Gasteiger partial charge in [-0.2, -0.15) is 10.4 Å². The molecule has 0 aliphatic heterocycles. The van der Waals surface area contributed by atoms with Gasteiger partial charge in [-0.3, -0.25) is 0 Å². The maximum atomic E-state index is 9.24. The van der Waals surface area contributed by atoms with E-state index in [9.17, 15) is 5.26 Å². The van der Waals surface area contributed by atoms with Gasteiger partial charge in [0, 0.05) is 24.7 Å². The van der Waals surface area contributed by atoms with E-state index in [4.69, 9.17) is 4.42 Å². The Morgan fingerprint density at radius 2 is 1.85 bits per heavy atom. The molecule has 2 rings (SSSR count). The van der Waals surface area contributed by atoms with Crippen molar-refractivity contribution < 1.29 is 4.42 Å². The van der Waals surface area contributed by atoms with Crippen molar-refractivity contribution in [1.29, 1.82) is 5.26 Å². The zero-order valence-electron chi connectivity index (χ0n) is 16.0. The summed E-state index contributed by atoms with van der Waals surface area (Å²) in [7, 11) is 0. The minimum absolute atomic E-state index is 0.217. The van der Waals surface area contributed by atoms with Crippen LogP contribution in [0.4, 0.5) is 11.6 Å².